The molecule has 0 aliphatic heterocycles. The van der Waals surface area contributed by atoms with Crippen LogP contribution in [0.5, 0.6) is 0 Å². The maximum Gasteiger partial charge on any atom is 0.0946 e. The van der Waals surface area contributed by atoms with Crippen LogP contribution in [0.15, 0.2) is 12.4 Å². The van der Waals surface area contributed by atoms with E-state index in [1.165, 1.54) is 0 Å². The van der Waals surface area contributed by atoms with Gasteiger partial charge in [-0.15, -0.1) is 0 Å². The van der Waals surface area contributed by atoms with Crippen molar-refractivity contribution < 1.29 is 5.11 Å². The van der Waals surface area contributed by atoms with Crippen molar-refractivity contribution in [3.63, 3.8) is 0 Å². The van der Waals surface area contributed by atoms with Crippen LogP contribution in [0.1, 0.15) is 32.8 Å². The lowest BCUT2D eigenvalue weighted by atomic mass is 9.83. The molecule has 1 unspecified atom stereocenters. The molecule has 3 nitrogen and oxygen atoms in total. The molecular weight excluding hydrogens is 164 g/mol. The molecule has 1 N–H and O–H groups in total. The average Bonchev–Trinajstić information content (AvgIpc) is 2.50. The summed E-state index contributed by atoms with van der Waals surface area (Å²) in [5.74, 6) is 0.210. The van der Waals surface area contributed by atoms with Gasteiger partial charge in [0.25, 0.3) is 0 Å². The van der Waals surface area contributed by atoms with Gasteiger partial charge in [0, 0.05) is 18.8 Å². The van der Waals surface area contributed by atoms with Gasteiger partial charge < -0.3 is 5.11 Å². The molecule has 1 aromatic heterocycles. The Morgan fingerprint density at radius 1 is 1.62 bits per heavy atom. The molecule has 0 saturated heterocycles. The zero-order valence-electron chi connectivity index (χ0n) is 8.78. The smallest absolute Gasteiger partial charge is 0.0946 e. The molecule has 0 radical (unpaired) electrons. The van der Waals surface area contributed by atoms with Gasteiger partial charge in [0.2, 0.25) is 0 Å². The van der Waals surface area contributed by atoms with Crippen LogP contribution in [0, 0.1) is 5.92 Å². The monoisotopic (exact) mass is 182 g/mol. The molecule has 0 aliphatic rings. The van der Waals surface area contributed by atoms with Gasteiger partial charge in [0.15, 0.2) is 0 Å². The summed E-state index contributed by atoms with van der Waals surface area (Å²) in [5, 5.41) is 14.4. The molecule has 74 valence electrons. The maximum atomic E-state index is 10.3. The molecule has 0 fully saturated rings. The predicted molar refractivity (Wildman–Crippen MR) is 52.2 cm³/mol. The molecule has 0 spiro atoms. The summed E-state index contributed by atoms with van der Waals surface area (Å²) in [6, 6.07) is 0. The van der Waals surface area contributed by atoms with E-state index < -0.39 is 5.60 Å². The quantitative estimate of drug-likeness (QED) is 0.772. The fourth-order valence-electron chi connectivity index (χ4n) is 1.59. The van der Waals surface area contributed by atoms with E-state index in [9.17, 15) is 5.11 Å². The molecule has 0 bridgehead atoms. The van der Waals surface area contributed by atoms with Crippen LogP contribution >= 0.6 is 0 Å². The summed E-state index contributed by atoms with van der Waals surface area (Å²) in [6.45, 7) is 6.04. The van der Waals surface area contributed by atoms with Gasteiger partial charge in [0.05, 0.1) is 11.8 Å². The highest BCUT2D eigenvalue weighted by atomic mass is 16.3. The molecule has 1 rings (SSSR count). The van der Waals surface area contributed by atoms with Crippen molar-refractivity contribution in [1.82, 2.24) is 9.78 Å². The van der Waals surface area contributed by atoms with E-state index in [0.29, 0.717) is 0 Å². The van der Waals surface area contributed by atoms with Crippen LogP contribution in [-0.2, 0) is 12.6 Å². The molecule has 0 amide bonds. The Balaban J connectivity index is 3.02. The zero-order chi connectivity index (χ0) is 10.1. The van der Waals surface area contributed by atoms with Crippen LogP contribution in [0.25, 0.3) is 0 Å². The average molecular weight is 182 g/mol. The predicted octanol–water partition coefficient (Wildman–Crippen LogP) is 1.67. The second kappa shape index (κ2) is 3.50. The highest BCUT2D eigenvalue weighted by Gasteiger charge is 2.31. The normalized spacial score (nSPS) is 16.2. The van der Waals surface area contributed by atoms with Crippen molar-refractivity contribution in [2.45, 2.75) is 32.8 Å². The summed E-state index contributed by atoms with van der Waals surface area (Å²) < 4.78 is 1.72. The lowest BCUT2D eigenvalue weighted by Crippen LogP contribution is -2.30. The molecular formula is C10H18N2O. The van der Waals surface area contributed by atoms with E-state index >= 15 is 0 Å². The van der Waals surface area contributed by atoms with Crippen molar-refractivity contribution in [2.24, 2.45) is 13.0 Å². The van der Waals surface area contributed by atoms with Gasteiger partial charge >= 0.3 is 0 Å². The van der Waals surface area contributed by atoms with Crippen LogP contribution in [0.4, 0.5) is 0 Å². The van der Waals surface area contributed by atoms with Crippen molar-refractivity contribution in [2.75, 3.05) is 0 Å². The number of nitrogens with zero attached hydrogens (tertiary/aromatic N) is 2. The summed E-state index contributed by atoms with van der Waals surface area (Å²) in [6.07, 6.45) is 4.34. The molecule has 0 aromatic carbocycles. The molecule has 3 heteroatoms. The Morgan fingerprint density at radius 3 is 2.54 bits per heavy atom. The zero-order valence-corrected chi connectivity index (χ0v) is 8.78. The second-order valence-corrected chi connectivity index (χ2v) is 3.84. The first kappa shape index (κ1) is 10.3. The Hall–Kier alpha value is -0.830. The minimum atomic E-state index is -0.728. The summed E-state index contributed by atoms with van der Waals surface area (Å²) in [5.41, 5.74) is 0.182. The van der Waals surface area contributed by atoms with Crippen molar-refractivity contribution in [3.8, 4) is 0 Å². The van der Waals surface area contributed by atoms with Gasteiger partial charge in [-0.25, -0.2) is 0 Å². The van der Waals surface area contributed by atoms with Crippen LogP contribution < -0.4 is 0 Å². The van der Waals surface area contributed by atoms with E-state index in [1.54, 1.807) is 10.9 Å². The van der Waals surface area contributed by atoms with Gasteiger partial charge in [-0.2, -0.15) is 5.10 Å². The van der Waals surface area contributed by atoms with Gasteiger partial charge in [-0.1, -0.05) is 20.8 Å². The van der Waals surface area contributed by atoms with E-state index in [0.717, 1.165) is 12.0 Å². The maximum absolute atomic E-state index is 10.3. The Kier molecular flexibility index (Phi) is 2.76. The van der Waals surface area contributed by atoms with Gasteiger partial charge in [-0.3, -0.25) is 4.68 Å². The molecule has 0 aliphatic carbocycles. The topological polar surface area (TPSA) is 38.1 Å². The standard InChI is InChI=1S/C10H18N2O/c1-5-10(13,8(2)3)9-6-11-12(4)7-9/h6-8,13H,5H2,1-4H3. The molecule has 13 heavy (non-hydrogen) atoms. The van der Waals surface area contributed by atoms with Crippen LogP contribution in [0.3, 0.4) is 0 Å². The Morgan fingerprint density at radius 2 is 2.23 bits per heavy atom. The largest absolute Gasteiger partial charge is 0.385 e. The van der Waals surface area contributed by atoms with Crippen molar-refractivity contribution in [3.05, 3.63) is 18.0 Å². The Bertz CT molecular complexity index is 280. The summed E-state index contributed by atoms with van der Waals surface area (Å²) >= 11 is 0. The van der Waals surface area contributed by atoms with Crippen molar-refractivity contribution >= 4 is 0 Å². The first-order chi connectivity index (χ1) is 6.00. The van der Waals surface area contributed by atoms with Gasteiger partial charge in [-0.05, 0) is 12.3 Å². The fraction of sp³-hybridized carbons (Fsp3) is 0.700. The first-order valence-corrected chi connectivity index (χ1v) is 4.72. The van der Waals surface area contributed by atoms with Crippen molar-refractivity contribution in [1.29, 1.82) is 0 Å². The number of hydrogen-bond donors (Lipinski definition) is 1. The van der Waals surface area contributed by atoms with Crippen LogP contribution in [-0.4, -0.2) is 14.9 Å². The second-order valence-electron chi connectivity index (χ2n) is 3.84. The third-order valence-electron chi connectivity index (χ3n) is 2.70. The van der Waals surface area contributed by atoms with E-state index in [1.807, 2.05) is 34.0 Å². The highest BCUT2D eigenvalue weighted by molar-refractivity contribution is 5.15. The van der Waals surface area contributed by atoms with E-state index in [-0.39, 0.29) is 5.92 Å². The highest BCUT2D eigenvalue weighted by Crippen LogP contribution is 2.32. The Labute approximate surface area is 79.4 Å². The number of aliphatic hydroxyl groups is 1. The first-order valence-electron chi connectivity index (χ1n) is 4.72. The minimum absolute atomic E-state index is 0.210. The lowest BCUT2D eigenvalue weighted by Gasteiger charge is -2.29. The van der Waals surface area contributed by atoms with E-state index in [4.69, 9.17) is 0 Å². The van der Waals surface area contributed by atoms with Crippen LogP contribution in [0.2, 0.25) is 0 Å². The summed E-state index contributed by atoms with van der Waals surface area (Å²) in [7, 11) is 1.86. The molecule has 1 heterocycles. The molecule has 1 atom stereocenters. The third-order valence-corrected chi connectivity index (χ3v) is 2.70. The molecule has 0 saturated carbocycles. The van der Waals surface area contributed by atoms with E-state index in [2.05, 4.69) is 5.10 Å². The fourth-order valence-corrected chi connectivity index (χ4v) is 1.59. The number of aryl methyl sites for hydroxylation is 1. The number of rotatable bonds is 3. The number of hydrogen-bond acceptors (Lipinski definition) is 2. The summed E-state index contributed by atoms with van der Waals surface area (Å²) in [4.78, 5) is 0. The minimum Gasteiger partial charge on any atom is -0.385 e. The SMILES string of the molecule is CCC(O)(c1cnn(C)c1)C(C)C. The van der Waals surface area contributed by atoms with Gasteiger partial charge in [0.1, 0.15) is 0 Å². The lowest BCUT2D eigenvalue weighted by molar-refractivity contribution is -0.0140. The molecule has 1 aromatic rings. The number of aromatic nitrogens is 2. The third kappa shape index (κ3) is 1.75.